The Bertz CT molecular complexity index is 400. The Labute approximate surface area is 120 Å². The topological polar surface area (TPSA) is 12.0 Å². The van der Waals surface area contributed by atoms with Gasteiger partial charge in [-0.15, -0.1) is 24.1 Å². The van der Waals surface area contributed by atoms with Crippen LogP contribution in [0.15, 0.2) is 29.2 Å². The molecule has 0 saturated heterocycles. The number of nitrogens with one attached hydrogen (secondary N) is 1. The van der Waals surface area contributed by atoms with E-state index in [0.717, 1.165) is 42.9 Å². The summed E-state index contributed by atoms with van der Waals surface area (Å²) in [5.74, 6) is 3.46. The van der Waals surface area contributed by atoms with Crippen LogP contribution >= 0.6 is 11.8 Å². The SMILES string of the molecule is C#CCCCC(CSc1cccc(F)c1)NCCC. The van der Waals surface area contributed by atoms with E-state index < -0.39 is 0 Å². The Morgan fingerprint density at radius 1 is 1.47 bits per heavy atom. The van der Waals surface area contributed by atoms with E-state index in [-0.39, 0.29) is 5.82 Å². The number of hydrogen-bond donors (Lipinski definition) is 1. The maximum atomic E-state index is 13.1. The van der Waals surface area contributed by atoms with Gasteiger partial charge in [-0.2, -0.15) is 0 Å². The van der Waals surface area contributed by atoms with Crippen molar-refractivity contribution in [1.29, 1.82) is 0 Å². The summed E-state index contributed by atoms with van der Waals surface area (Å²) >= 11 is 1.70. The van der Waals surface area contributed by atoms with Gasteiger partial charge in [-0.05, 0) is 44.0 Å². The predicted molar refractivity (Wildman–Crippen MR) is 81.9 cm³/mol. The monoisotopic (exact) mass is 279 g/mol. The van der Waals surface area contributed by atoms with Crippen molar-refractivity contribution in [3.63, 3.8) is 0 Å². The van der Waals surface area contributed by atoms with Crippen molar-refractivity contribution < 1.29 is 4.39 Å². The van der Waals surface area contributed by atoms with Crippen LogP contribution in [-0.2, 0) is 0 Å². The van der Waals surface area contributed by atoms with E-state index in [4.69, 9.17) is 6.42 Å². The lowest BCUT2D eigenvalue weighted by molar-refractivity contribution is 0.508. The minimum atomic E-state index is -0.171. The molecule has 19 heavy (non-hydrogen) atoms. The molecule has 0 aliphatic heterocycles. The van der Waals surface area contributed by atoms with E-state index in [0.29, 0.717) is 6.04 Å². The van der Waals surface area contributed by atoms with Crippen molar-refractivity contribution in [2.45, 2.75) is 43.5 Å². The quantitative estimate of drug-likeness (QED) is 0.415. The molecule has 0 bridgehead atoms. The molecule has 0 fully saturated rings. The van der Waals surface area contributed by atoms with Crippen LogP contribution in [0.3, 0.4) is 0 Å². The number of rotatable bonds is 9. The first-order chi connectivity index (χ1) is 9.26. The molecule has 1 aromatic rings. The predicted octanol–water partition coefficient (Wildman–Crippen LogP) is 4.09. The van der Waals surface area contributed by atoms with E-state index in [9.17, 15) is 4.39 Å². The van der Waals surface area contributed by atoms with Gasteiger partial charge in [0.25, 0.3) is 0 Å². The highest BCUT2D eigenvalue weighted by Crippen LogP contribution is 2.20. The molecule has 0 saturated carbocycles. The molecule has 0 spiro atoms. The molecule has 1 rings (SSSR count). The van der Waals surface area contributed by atoms with Gasteiger partial charge in [0.05, 0.1) is 0 Å². The lowest BCUT2D eigenvalue weighted by Gasteiger charge is -2.17. The first kappa shape index (κ1) is 16.1. The Balaban J connectivity index is 2.40. The van der Waals surface area contributed by atoms with Crippen LogP contribution in [0.4, 0.5) is 4.39 Å². The third-order valence-corrected chi connectivity index (χ3v) is 3.96. The largest absolute Gasteiger partial charge is 0.313 e. The number of unbranched alkanes of at least 4 members (excludes halogenated alkanes) is 1. The van der Waals surface area contributed by atoms with Crippen LogP contribution in [0.5, 0.6) is 0 Å². The average Bonchev–Trinajstić information content (AvgIpc) is 2.41. The van der Waals surface area contributed by atoms with Gasteiger partial charge >= 0.3 is 0 Å². The molecule has 3 heteroatoms. The van der Waals surface area contributed by atoms with Crippen molar-refractivity contribution in [3.8, 4) is 12.3 Å². The second kappa shape index (κ2) is 9.89. The zero-order valence-electron chi connectivity index (χ0n) is 11.5. The Morgan fingerprint density at radius 2 is 2.32 bits per heavy atom. The van der Waals surface area contributed by atoms with Gasteiger partial charge in [-0.25, -0.2) is 4.39 Å². The van der Waals surface area contributed by atoms with Gasteiger partial charge in [0.1, 0.15) is 5.82 Å². The summed E-state index contributed by atoms with van der Waals surface area (Å²) in [5.41, 5.74) is 0. The number of benzene rings is 1. The first-order valence-corrected chi connectivity index (χ1v) is 7.80. The molecule has 0 amide bonds. The summed E-state index contributed by atoms with van der Waals surface area (Å²) in [6.07, 6.45) is 9.35. The second-order valence-electron chi connectivity index (χ2n) is 4.52. The third kappa shape index (κ3) is 7.25. The number of halogens is 1. The second-order valence-corrected chi connectivity index (χ2v) is 5.61. The first-order valence-electron chi connectivity index (χ1n) is 6.81. The summed E-state index contributed by atoms with van der Waals surface area (Å²) in [4.78, 5) is 0.986. The highest BCUT2D eigenvalue weighted by molar-refractivity contribution is 7.99. The fourth-order valence-electron chi connectivity index (χ4n) is 1.80. The molecule has 1 N–H and O–H groups in total. The minimum absolute atomic E-state index is 0.171. The summed E-state index contributed by atoms with van der Waals surface area (Å²) in [6.45, 7) is 3.18. The molecule has 0 radical (unpaired) electrons. The normalized spacial score (nSPS) is 12.1. The van der Waals surface area contributed by atoms with Crippen LogP contribution in [0, 0.1) is 18.2 Å². The van der Waals surface area contributed by atoms with Crippen molar-refractivity contribution in [2.24, 2.45) is 0 Å². The molecule has 1 atom stereocenters. The molecular weight excluding hydrogens is 257 g/mol. The van der Waals surface area contributed by atoms with Crippen LogP contribution in [0.25, 0.3) is 0 Å². The Hall–Kier alpha value is -0.980. The van der Waals surface area contributed by atoms with E-state index in [2.05, 4.69) is 18.2 Å². The molecule has 0 aliphatic carbocycles. The summed E-state index contributed by atoms with van der Waals surface area (Å²) in [7, 11) is 0. The van der Waals surface area contributed by atoms with Gasteiger partial charge in [0, 0.05) is 23.1 Å². The Morgan fingerprint density at radius 3 is 3.00 bits per heavy atom. The Kier molecular flexibility index (Phi) is 8.36. The van der Waals surface area contributed by atoms with Gasteiger partial charge in [0.2, 0.25) is 0 Å². The van der Waals surface area contributed by atoms with Gasteiger partial charge in [0.15, 0.2) is 0 Å². The van der Waals surface area contributed by atoms with Crippen molar-refractivity contribution in [1.82, 2.24) is 5.32 Å². The van der Waals surface area contributed by atoms with Gasteiger partial charge < -0.3 is 5.32 Å². The molecule has 1 aromatic carbocycles. The average molecular weight is 279 g/mol. The van der Waals surface area contributed by atoms with Gasteiger partial charge in [-0.3, -0.25) is 0 Å². The van der Waals surface area contributed by atoms with Crippen LogP contribution in [0.2, 0.25) is 0 Å². The fraction of sp³-hybridized carbons (Fsp3) is 0.500. The maximum absolute atomic E-state index is 13.1. The molecule has 104 valence electrons. The highest BCUT2D eigenvalue weighted by Gasteiger charge is 2.08. The third-order valence-electron chi connectivity index (χ3n) is 2.80. The summed E-state index contributed by atoms with van der Waals surface area (Å²) < 4.78 is 13.1. The number of thioether (sulfide) groups is 1. The van der Waals surface area contributed by atoms with E-state index in [1.807, 2.05) is 6.07 Å². The smallest absolute Gasteiger partial charge is 0.124 e. The van der Waals surface area contributed by atoms with Gasteiger partial charge in [-0.1, -0.05) is 13.0 Å². The summed E-state index contributed by atoms with van der Waals surface area (Å²) in [6, 6.07) is 7.21. The van der Waals surface area contributed by atoms with E-state index in [1.54, 1.807) is 23.9 Å². The van der Waals surface area contributed by atoms with Crippen molar-refractivity contribution in [3.05, 3.63) is 30.1 Å². The molecular formula is C16H22FNS. The standard InChI is InChI=1S/C16H22FNS/c1-3-5-6-9-15(18-11-4-2)13-19-16-10-7-8-14(17)12-16/h1,7-8,10,12,15,18H,4-6,9,11,13H2,2H3. The van der Waals surface area contributed by atoms with Crippen molar-refractivity contribution in [2.75, 3.05) is 12.3 Å². The molecule has 1 unspecified atom stereocenters. The zero-order valence-corrected chi connectivity index (χ0v) is 12.3. The molecule has 0 aliphatic rings. The summed E-state index contributed by atoms with van der Waals surface area (Å²) in [5, 5.41) is 3.53. The number of terminal acetylenes is 1. The minimum Gasteiger partial charge on any atom is -0.313 e. The van der Waals surface area contributed by atoms with E-state index in [1.165, 1.54) is 6.07 Å². The molecule has 1 nitrogen and oxygen atoms in total. The van der Waals surface area contributed by atoms with Crippen molar-refractivity contribution >= 4 is 11.8 Å². The van der Waals surface area contributed by atoms with Crippen LogP contribution in [0.1, 0.15) is 32.6 Å². The lowest BCUT2D eigenvalue weighted by Crippen LogP contribution is -2.31. The maximum Gasteiger partial charge on any atom is 0.124 e. The number of hydrogen-bond acceptors (Lipinski definition) is 2. The van der Waals surface area contributed by atoms with Crippen LogP contribution in [-0.4, -0.2) is 18.3 Å². The fourth-order valence-corrected chi connectivity index (χ4v) is 2.85. The molecule has 0 heterocycles. The van der Waals surface area contributed by atoms with Crippen LogP contribution < -0.4 is 5.32 Å². The zero-order chi connectivity index (χ0) is 13.9. The molecule has 0 aromatic heterocycles. The van der Waals surface area contributed by atoms with E-state index >= 15 is 0 Å². The lowest BCUT2D eigenvalue weighted by atomic mass is 10.1. The highest BCUT2D eigenvalue weighted by atomic mass is 32.2.